The van der Waals surface area contributed by atoms with Crippen molar-refractivity contribution in [1.29, 1.82) is 0 Å². The third-order valence-electron chi connectivity index (χ3n) is 3.29. The van der Waals surface area contributed by atoms with Crippen LogP contribution >= 0.6 is 0 Å². The van der Waals surface area contributed by atoms with Gasteiger partial charge >= 0.3 is 11.9 Å². The topological polar surface area (TPSA) is 71.1 Å². The maximum Gasteiger partial charge on any atom is 0.309 e. The first-order chi connectivity index (χ1) is 10.8. The molecule has 126 valence electrons. The Bertz CT molecular complexity index is 587. The number of hydrogen-bond acceptors (Lipinski definition) is 6. The van der Waals surface area contributed by atoms with Crippen LogP contribution in [0.1, 0.15) is 32.8 Å². The largest absolute Gasteiger partial charge is 0.469 e. The highest BCUT2D eigenvalue weighted by molar-refractivity contribution is 5.80. The average Bonchev–Trinajstić information content (AvgIpc) is 2.91. The van der Waals surface area contributed by atoms with Gasteiger partial charge in [-0.1, -0.05) is 6.07 Å². The Hall–Kier alpha value is -2.24. The number of esters is 2. The minimum absolute atomic E-state index is 0.0294. The molecule has 0 N–H and O–H groups in total. The molecule has 1 heterocycles. The monoisotopic (exact) mass is 322 g/mol. The summed E-state index contributed by atoms with van der Waals surface area (Å²) in [5.74, 6) is -0.142. The van der Waals surface area contributed by atoms with E-state index >= 15 is 0 Å². The van der Waals surface area contributed by atoms with E-state index in [4.69, 9.17) is 18.9 Å². The molecule has 1 aliphatic heterocycles. The minimum atomic E-state index is -0.602. The Morgan fingerprint density at radius 1 is 1.22 bits per heavy atom. The van der Waals surface area contributed by atoms with E-state index in [1.165, 1.54) is 7.11 Å². The first-order valence-electron chi connectivity index (χ1n) is 7.46. The van der Waals surface area contributed by atoms with Gasteiger partial charge in [-0.3, -0.25) is 9.59 Å². The number of benzene rings is 1. The molecular weight excluding hydrogens is 300 g/mol. The van der Waals surface area contributed by atoms with Crippen LogP contribution in [0.15, 0.2) is 18.2 Å². The van der Waals surface area contributed by atoms with Crippen LogP contribution in [0.2, 0.25) is 0 Å². The van der Waals surface area contributed by atoms with Crippen molar-refractivity contribution in [2.45, 2.75) is 39.2 Å². The van der Waals surface area contributed by atoms with Gasteiger partial charge in [0.15, 0.2) is 11.5 Å². The fourth-order valence-corrected chi connectivity index (χ4v) is 2.34. The summed E-state index contributed by atoms with van der Waals surface area (Å²) in [7, 11) is 1.31. The van der Waals surface area contributed by atoms with Crippen LogP contribution in [0.5, 0.6) is 11.5 Å². The molecule has 1 unspecified atom stereocenters. The maximum atomic E-state index is 12.0. The highest BCUT2D eigenvalue weighted by atomic mass is 16.7. The molecule has 1 aromatic rings. The molecule has 0 aromatic heterocycles. The van der Waals surface area contributed by atoms with Crippen molar-refractivity contribution in [1.82, 2.24) is 0 Å². The SMILES string of the molecule is COC(=O)C(CC(=O)OC(C)(C)C)Cc1ccc2c(c1)OCO2. The zero-order valence-electron chi connectivity index (χ0n) is 13.9. The van der Waals surface area contributed by atoms with Gasteiger partial charge in [-0.15, -0.1) is 0 Å². The van der Waals surface area contributed by atoms with Gasteiger partial charge in [-0.05, 0) is 44.9 Å². The fourth-order valence-electron chi connectivity index (χ4n) is 2.34. The Labute approximate surface area is 135 Å². The normalized spacial score (nSPS) is 14.3. The zero-order chi connectivity index (χ0) is 17.0. The third-order valence-corrected chi connectivity index (χ3v) is 3.29. The van der Waals surface area contributed by atoms with E-state index in [1.54, 1.807) is 26.8 Å². The molecule has 6 nitrogen and oxygen atoms in total. The molecule has 0 fully saturated rings. The molecule has 0 saturated carbocycles. The second-order valence-corrected chi connectivity index (χ2v) is 6.40. The first-order valence-corrected chi connectivity index (χ1v) is 7.46. The highest BCUT2D eigenvalue weighted by Crippen LogP contribution is 2.33. The average molecular weight is 322 g/mol. The van der Waals surface area contributed by atoms with Gasteiger partial charge in [-0.25, -0.2) is 0 Å². The van der Waals surface area contributed by atoms with Gasteiger partial charge in [0, 0.05) is 0 Å². The standard InChI is InChI=1S/C17H22O6/c1-17(2,3)23-15(18)9-12(16(19)20-4)7-11-5-6-13-14(8-11)22-10-21-13/h5-6,8,12H,7,9-10H2,1-4H3. The molecule has 6 heteroatoms. The molecule has 1 aromatic carbocycles. The van der Waals surface area contributed by atoms with Crippen molar-refractivity contribution in [3.63, 3.8) is 0 Å². The maximum absolute atomic E-state index is 12.0. The van der Waals surface area contributed by atoms with E-state index in [1.807, 2.05) is 12.1 Å². The zero-order valence-corrected chi connectivity index (χ0v) is 13.9. The van der Waals surface area contributed by atoms with Crippen LogP contribution in [-0.4, -0.2) is 31.4 Å². The molecule has 0 amide bonds. The van der Waals surface area contributed by atoms with Crippen molar-refractivity contribution in [2.75, 3.05) is 13.9 Å². The van der Waals surface area contributed by atoms with Crippen molar-refractivity contribution >= 4 is 11.9 Å². The lowest BCUT2D eigenvalue weighted by molar-refractivity contribution is -0.160. The lowest BCUT2D eigenvalue weighted by Crippen LogP contribution is -2.28. The van der Waals surface area contributed by atoms with Crippen molar-refractivity contribution in [3.8, 4) is 11.5 Å². The predicted octanol–water partition coefficient (Wildman–Crippen LogP) is 2.48. The van der Waals surface area contributed by atoms with Gasteiger partial charge in [0.1, 0.15) is 5.60 Å². The van der Waals surface area contributed by atoms with E-state index in [-0.39, 0.29) is 13.2 Å². The summed E-state index contributed by atoms with van der Waals surface area (Å²) in [6, 6.07) is 5.45. The number of carbonyl (C=O) groups is 2. The summed E-state index contributed by atoms with van der Waals surface area (Å²) < 4.78 is 20.7. The summed E-state index contributed by atoms with van der Waals surface area (Å²) in [5.41, 5.74) is 0.282. The number of hydrogen-bond donors (Lipinski definition) is 0. The molecule has 0 radical (unpaired) electrons. The number of rotatable bonds is 5. The fraction of sp³-hybridized carbons (Fsp3) is 0.529. The second kappa shape index (κ2) is 6.89. The Kier molecular flexibility index (Phi) is 5.13. The van der Waals surface area contributed by atoms with Gasteiger partial charge < -0.3 is 18.9 Å². The smallest absolute Gasteiger partial charge is 0.309 e. The Morgan fingerprint density at radius 3 is 2.57 bits per heavy atom. The van der Waals surface area contributed by atoms with Gasteiger partial charge in [0.05, 0.1) is 19.4 Å². The van der Waals surface area contributed by atoms with Gasteiger partial charge in [0.25, 0.3) is 0 Å². The van der Waals surface area contributed by atoms with Crippen LogP contribution in [0.4, 0.5) is 0 Å². The minimum Gasteiger partial charge on any atom is -0.469 e. The Morgan fingerprint density at radius 2 is 1.91 bits per heavy atom. The van der Waals surface area contributed by atoms with Gasteiger partial charge in [-0.2, -0.15) is 0 Å². The van der Waals surface area contributed by atoms with E-state index in [2.05, 4.69) is 0 Å². The molecule has 2 rings (SSSR count). The molecule has 0 spiro atoms. The summed E-state index contributed by atoms with van der Waals surface area (Å²) in [6.45, 7) is 5.55. The van der Waals surface area contributed by atoms with Crippen LogP contribution in [0.3, 0.4) is 0 Å². The quantitative estimate of drug-likeness (QED) is 0.776. The highest BCUT2D eigenvalue weighted by Gasteiger charge is 2.27. The number of fused-ring (bicyclic) bond motifs is 1. The van der Waals surface area contributed by atoms with Crippen molar-refractivity contribution < 1.29 is 28.5 Å². The van der Waals surface area contributed by atoms with E-state index < -0.39 is 23.5 Å². The van der Waals surface area contributed by atoms with E-state index in [9.17, 15) is 9.59 Å². The van der Waals surface area contributed by atoms with Crippen LogP contribution in [-0.2, 0) is 25.5 Å². The van der Waals surface area contributed by atoms with Crippen molar-refractivity contribution in [3.05, 3.63) is 23.8 Å². The predicted molar refractivity (Wildman–Crippen MR) is 82.2 cm³/mol. The molecular formula is C17H22O6. The second-order valence-electron chi connectivity index (χ2n) is 6.40. The number of methoxy groups -OCH3 is 1. The van der Waals surface area contributed by atoms with Crippen LogP contribution < -0.4 is 9.47 Å². The number of ether oxygens (including phenoxy) is 4. The summed E-state index contributed by atoms with van der Waals surface area (Å²) in [4.78, 5) is 24.0. The van der Waals surface area contributed by atoms with Crippen molar-refractivity contribution in [2.24, 2.45) is 5.92 Å². The van der Waals surface area contributed by atoms with E-state index in [0.29, 0.717) is 17.9 Å². The molecule has 1 aliphatic rings. The van der Waals surface area contributed by atoms with Gasteiger partial charge in [0.2, 0.25) is 6.79 Å². The van der Waals surface area contributed by atoms with Crippen LogP contribution in [0.25, 0.3) is 0 Å². The van der Waals surface area contributed by atoms with Crippen LogP contribution in [0, 0.1) is 5.92 Å². The summed E-state index contributed by atoms with van der Waals surface area (Å²) in [6.07, 6.45) is 0.334. The molecule has 1 atom stereocenters. The molecule has 0 saturated heterocycles. The lowest BCUT2D eigenvalue weighted by Gasteiger charge is -2.21. The molecule has 23 heavy (non-hydrogen) atoms. The number of carbonyl (C=O) groups excluding carboxylic acids is 2. The van der Waals surface area contributed by atoms with E-state index in [0.717, 1.165) is 5.56 Å². The molecule has 0 bridgehead atoms. The summed E-state index contributed by atoms with van der Waals surface area (Å²) in [5, 5.41) is 0. The molecule has 0 aliphatic carbocycles. The third kappa shape index (κ3) is 4.87. The first kappa shape index (κ1) is 17.1. The summed E-state index contributed by atoms with van der Waals surface area (Å²) >= 11 is 0. The Balaban J connectivity index is 2.07. The lowest BCUT2D eigenvalue weighted by atomic mass is 9.96.